The van der Waals surface area contributed by atoms with Gasteiger partial charge in [0.2, 0.25) is 0 Å². The van der Waals surface area contributed by atoms with Gasteiger partial charge >= 0.3 is 0 Å². The number of benzene rings is 4. The summed E-state index contributed by atoms with van der Waals surface area (Å²) >= 11 is 1.12. The summed E-state index contributed by atoms with van der Waals surface area (Å²) in [5, 5.41) is 3.01. The molecule has 62 heavy (non-hydrogen) atoms. The van der Waals surface area contributed by atoms with E-state index in [9.17, 15) is 9.36 Å². The van der Waals surface area contributed by atoms with Crippen LogP contribution in [0.1, 0.15) is 36.1 Å². The van der Waals surface area contributed by atoms with Gasteiger partial charge in [-0.2, -0.15) is 0 Å². The number of fused-ring (bicyclic) bond motifs is 1. The van der Waals surface area contributed by atoms with Crippen LogP contribution in [0.15, 0.2) is 127 Å². The fourth-order valence-electron chi connectivity index (χ4n) is 6.52. The van der Waals surface area contributed by atoms with E-state index in [1.165, 1.54) is 6.33 Å². The molecule has 2 heterocycles. The average Bonchev–Trinajstić information content (AvgIpc) is 3.72. The van der Waals surface area contributed by atoms with Crippen LogP contribution in [0.3, 0.4) is 0 Å². The molecule has 6 aromatic rings. The lowest BCUT2D eigenvalue weighted by Crippen LogP contribution is -2.38. The van der Waals surface area contributed by atoms with Crippen molar-refractivity contribution in [2.24, 2.45) is 10.4 Å². The molecule has 0 saturated carbocycles. The van der Waals surface area contributed by atoms with Crippen LogP contribution in [-0.2, 0) is 42.0 Å². The molecule has 0 bridgehead atoms. The highest BCUT2D eigenvalue weighted by Gasteiger charge is 2.41. The molecule has 1 unspecified atom stereocenters. The number of aromatic nitrogens is 4. The number of nitrogens with zero attached hydrogens (tertiary/aromatic N) is 6. The molecule has 0 radical (unpaired) electrons. The minimum Gasteiger partial charge on any atom is -0.497 e. The molecule has 4 aromatic carbocycles. The highest BCUT2D eigenvalue weighted by Crippen LogP contribution is 2.45. The van der Waals surface area contributed by atoms with Gasteiger partial charge in [-0.05, 0) is 60.4 Å². The molecule has 6 rings (SSSR count). The fourth-order valence-corrected chi connectivity index (χ4v) is 8.88. The zero-order valence-corrected chi connectivity index (χ0v) is 37.7. The number of rotatable bonds is 23. The summed E-state index contributed by atoms with van der Waals surface area (Å²) in [6.07, 6.45) is 4.57. The van der Waals surface area contributed by atoms with Gasteiger partial charge in [0.25, 0.3) is 7.52 Å². The van der Waals surface area contributed by atoms with Gasteiger partial charge in [0.05, 0.1) is 52.1 Å². The number of carbonyl (C=O) groups is 1. The van der Waals surface area contributed by atoms with Crippen molar-refractivity contribution in [2.75, 3.05) is 60.2 Å². The van der Waals surface area contributed by atoms with E-state index in [1.807, 2.05) is 147 Å². The lowest BCUT2D eigenvalue weighted by molar-refractivity contribution is -0.124. The second-order valence-corrected chi connectivity index (χ2v) is 18.4. The number of nitrogens with one attached hydrogen (secondary N) is 1. The van der Waals surface area contributed by atoms with Gasteiger partial charge < -0.3 is 32.9 Å². The number of carbonyl (C=O) groups excluding carboxylic acids is 1. The molecule has 0 saturated heterocycles. The Labute approximate surface area is 367 Å². The third-order valence-corrected chi connectivity index (χ3v) is 12.8. The Hall–Kier alpha value is -5.41. The minimum absolute atomic E-state index is 0.0424. The molecule has 0 fully saturated rings. The van der Waals surface area contributed by atoms with Crippen molar-refractivity contribution in [3.63, 3.8) is 0 Å². The van der Waals surface area contributed by atoms with Crippen molar-refractivity contribution < 1.29 is 32.8 Å². The van der Waals surface area contributed by atoms with Crippen molar-refractivity contribution in [1.82, 2.24) is 29.5 Å². The molecule has 0 aliphatic carbocycles. The second kappa shape index (κ2) is 21.6. The molecule has 16 heteroatoms. The third-order valence-electron chi connectivity index (χ3n) is 9.89. The Morgan fingerprint density at radius 1 is 0.839 bits per heavy atom. The van der Waals surface area contributed by atoms with Crippen molar-refractivity contribution in [3.8, 4) is 11.5 Å². The van der Waals surface area contributed by atoms with Gasteiger partial charge in [0.15, 0.2) is 22.1 Å². The third kappa shape index (κ3) is 11.7. The first-order valence-electron chi connectivity index (χ1n) is 20.1. The van der Waals surface area contributed by atoms with Crippen molar-refractivity contribution in [2.45, 2.75) is 32.5 Å². The number of thioether (sulfide) groups is 1. The first-order chi connectivity index (χ1) is 30.0. The standard InChI is InChI=1S/C46H54N7O7PS/c1-45(2,30-59-46(36-15-11-8-12-16-36,37-17-21-39(56-5)22-18-37)38-19-23-40(57-6)24-20-38)44(54)62-28-27-60-61(55,51-29-35-13-9-7-10-14-35)34-58-26-25-53-33-49-41-42(50-32-52(3)4)47-31-48-43(41)53/h7-24,31-33H,25-30,34H2,1-6H3,(H,51,55). The Morgan fingerprint density at radius 3 is 2.06 bits per heavy atom. The van der Waals surface area contributed by atoms with Crippen LogP contribution in [0.25, 0.3) is 11.2 Å². The molecule has 0 aliphatic heterocycles. The molecule has 1 atom stereocenters. The number of ether oxygens (including phenoxy) is 4. The lowest BCUT2D eigenvalue weighted by Gasteiger charge is -2.38. The van der Waals surface area contributed by atoms with Crippen LogP contribution < -0.4 is 14.6 Å². The highest BCUT2D eigenvalue weighted by molar-refractivity contribution is 8.13. The number of methoxy groups -OCH3 is 2. The van der Waals surface area contributed by atoms with E-state index in [0.29, 0.717) is 41.6 Å². The van der Waals surface area contributed by atoms with E-state index in [-0.39, 0.29) is 37.0 Å². The molecular formula is C46H54N7O7PS. The molecule has 0 aliphatic rings. The van der Waals surface area contributed by atoms with Gasteiger partial charge in [-0.1, -0.05) is 96.7 Å². The fraction of sp³-hybridized carbons (Fsp3) is 0.326. The molecule has 326 valence electrons. The molecule has 0 spiro atoms. The summed E-state index contributed by atoms with van der Waals surface area (Å²) in [5.74, 6) is 2.15. The van der Waals surface area contributed by atoms with Crippen molar-refractivity contribution >= 4 is 47.7 Å². The maximum atomic E-state index is 14.2. The van der Waals surface area contributed by atoms with Crippen LogP contribution in [0, 0.1) is 5.41 Å². The Bertz CT molecular complexity index is 2370. The highest BCUT2D eigenvalue weighted by atomic mass is 32.2. The molecular weight excluding hydrogens is 826 g/mol. The summed E-state index contributed by atoms with van der Waals surface area (Å²) in [6, 6.07) is 35.1. The monoisotopic (exact) mass is 879 g/mol. The summed E-state index contributed by atoms with van der Waals surface area (Å²) < 4.78 is 46.1. The zero-order valence-electron chi connectivity index (χ0n) is 36.0. The van der Waals surface area contributed by atoms with Gasteiger partial charge in [-0.3, -0.25) is 9.36 Å². The topological polar surface area (TPSA) is 152 Å². The van der Waals surface area contributed by atoms with Crippen LogP contribution in [0.5, 0.6) is 11.5 Å². The quantitative estimate of drug-likeness (QED) is 0.0216. The zero-order chi connectivity index (χ0) is 44.0. The largest absolute Gasteiger partial charge is 0.497 e. The van der Waals surface area contributed by atoms with Gasteiger partial charge in [-0.15, -0.1) is 0 Å². The first-order valence-corrected chi connectivity index (χ1v) is 22.9. The van der Waals surface area contributed by atoms with E-state index in [0.717, 1.165) is 34.0 Å². The summed E-state index contributed by atoms with van der Waals surface area (Å²) in [5.41, 5.74) is 2.74. The number of hydrogen-bond donors (Lipinski definition) is 1. The Kier molecular flexibility index (Phi) is 16.1. The van der Waals surface area contributed by atoms with Crippen molar-refractivity contribution in [1.29, 1.82) is 0 Å². The summed E-state index contributed by atoms with van der Waals surface area (Å²) in [6.45, 7) is 4.78. The summed E-state index contributed by atoms with van der Waals surface area (Å²) in [4.78, 5) is 33.2. The molecule has 14 nitrogen and oxygen atoms in total. The van der Waals surface area contributed by atoms with Crippen LogP contribution in [0.2, 0.25) is 0 Å². The van der Waals surface area contributed by atoms with Crippen molar-refractivity contribution in [3.05, 3.63) is 144 Å². The summed E-state index contributed by atoms with van der Waals surface area (Å²) in [7, 11) is 3.48. The smallest absolute Gasteiger partial charge is 0.295 e. The average molecular weight is 880 g/mol. The predicted molar refractivity (Wildman–Crippen MR) is 244 cm³/mol. The lowest BCUT2D eigenvalue weighted by atomic mass is 9.79. The minimum atomic E-state index is -3.53. The number of hydrogen-bond acceptors (Lipinski definition) is 12. The SMILES string of the molecule is COc1ccc(C(OCC(C)(C)C(=O)SCCOP(=O)(COCCn2cnc3c(N=CN(C)C)ncnc32)NCc2ccccc2)(c2ccccc2)c2ccc(OC)cc2)cc1. The molecule has 1 N–H and O–H groups in total. The Morgan fingerprint density at radius 2 is 1.45 bits per heavy atom. The molecule has 2 aromatic heterocycles. The van der Waals surface area contributed by atoms with Crippen LogP contribution in [0.4, 0.5) is 5.82 Å². The van der Waals surface area contributed by atoms with Crippen LogP contribution >= 0.6 is 19.3 Å². The first kappa shape index (κ1) is 46.1. The van der Waals surface area contributed by atoms with Gasteiger partial charge in [-0.25, -0.2) is 25.0 Å². The van der Waals surface area contributed by atoms with E-state index < -0.39 is 18.5 Å². The number of aliphatic imine (C=N–C) groups is 1. The maximum absolute atomic E-state index is 14.2. The van der Waals surface area contributed by atoms with Gasteiger partial charge in [0, 0.05) is 32.9 Å². The number of imidazole rings is 1. The van der Waals surface area contributed by atoms with E-state index >= 15 is 0 Å². The van der Waals surface area contributed by atoms with E-state index in [4.69, 9.17) is 23.5 Å². The van der Waals surface area contributed by atoms with E-state index in [2.05, 4.69) is 25.0 Å². The van der Waals surface area contributed by atoms with E-state index in [1.54, 1.807) is 26.9 Å². The predicted octanol–water partition coefficient (Wildman–Crippen LogP) is 8.33. The second-order valence-electron chi connectivity index (χ2n) is 15.2. The Balaban J connectivity index is 1.11. The normalized spacial score (nSPS) is 13.0. The molecule has 0 amide bonds. The van der Waals surface area contributed by atoms with Crippen LogP contribution in [-0.4, -0.2) is 96.1 Å². The maximum Gasteiger partial charge on any atom is 0.295 e. The van der Waals surface area contributed by atoms with Gasteiger partial charge in [0.1, 0.15) is 29.8 Å².